The fourth-order valence-electron chi connectivity index (χ4n) is 3.52. The van der Waals surface area contributed by atoms with E-state index in [0.717, 1.165) is 64.0 Å². The van der Waals surface area contributed by atoms with Gasteiger partial charge in [0.25, 0.3) is 0 Å². The molecule has 0 spiro atoms. The summed E-state index contributed by atoms with van der Waals surface area (Å²) in [4.78, 5) is 11.4. The lowest BCUT2D eigenvalue weighted by atomic mass is 9.92. The monoisotopic (exact) mass is 365 g/mol. The van der Waals surface area contributed by atoms with E-state index in [4.69, 9.17) is 19.7 Å². The predicted octanol–water partition coefficient (Wildman–Crippen LogP) is 2.82. The first-order valence-electron chi connectivity index (χ1n) is 9.37. The number of hydrogen-bond acceptors (Lipinski definition) is 7. The van der Waals surface area contributed by atoms with Crippen molar-refractivity contribution < 1.29 is 9.47 Å². The van der Waals surface area contributed by atoms with Crippen LogP contribution in [0.3, 0.4) is 0 Å². The van der Waals surface area contributed by atoms with Crippen LogP contribution in [-0.2, 0) is 9.47 Å². The normalized spacial score (nSPS) is 18.1. The molecule has 0 aromatic carbocycles. The van der Waals surface area contributed by atoms with E-state index in [9.17, 15) is 0 Å². The summed E-state index contributed by atoms with van der Waals surface area (Å²) in [6.07, 6.45) is 3.68. The van der Waals surface area contributed by atoms with Crippen molar-refractivity contribution in [2.75, 3.05) is 49.7 Å². The molecule has 27 heavy (non-hydrogen) atoms. The first kappa shape index (κ1) is 17.7. The van der Waals surface area contributed by atoms with Crippen LogP contribution in [0.5, 0.6) is 0 Å². The average Bonchev–Trinajstić information content (AvgIpc) is 2.75. The van der Waals surface area contributed by atoms with E-state index >= 15 is 0 Å². The Morgan fingerprint density at radius 3 is 2.59 bits per heavy atom. The minimum Gasteiger partial charge on any atom is -0.381 e. The number of aromatic nitrogens is 2. The molecule has 7 heteroatoms. The number of ether oxygens (including phenoxy) is 2. The maximum atomic E-state index is 9.11. The zero-order chi connectivity index (χ0) is 18.5. The Morgan fingerprint density at radius 1 is 1.04 bits per heavy atom. The lowest BCUT2D eigenvalue weighted by molar-refractivity contribution is 0.0853. The molecule has 2 aromatic heterocycles. The molecule has 0 aliphatic carbocycles. The number of nitrogens with one attached hydrogen (secondary N) is 1. The van der Waals surface area contributed by atoms with Gasteiger partial charge in [-0.3, -0.25) is 0 Å². The van der Waals surface area contributed by atoms with Gasteiger partial charge >= 0.3 is 0 Å². The third-order valence-corrected chi connectivity index (χ3v) is 5.01. The van der Waals surface area contributed by atoms with E-state index in [2.05, 4.69) is 33.4 Å². The molecule has 0 saturated carbocycles. The third kappa shape index (κ3) is 4.35. The summed E-state index contributed by atoms with van der Waals surface area (Å²) in [5.74, 6) is 2.81. The van der Waals surface area contributed by atoms with Crippen molar-refractivity contribution in [2.45, 2.75) is 18.8 Å². The van der Waals surface area contributed by atoms with Gasteiger partial charge in [-0.1, -0.05) is 0 Å². The molecule has 0 bridgehead atoms. The number of nitriles is 1. The highest BCUT2D eigenvalue weighted by molar-refractivity contribution is 5.59. The quantitative estimate of drug-likeness (QED) is 0.892. The zero-order valence-corrected chi connectivity index (χ0v) is 15.2. The van der Waals surface area contributed by atoms with Crippen LogP contribution in [-0.4, -0.2) is 49.5 Å². The highest BCUT2D eigenvalue weighted by atomic mass is 16.5. The van der Waals surface area contributed by atoms with E-state index in [0.29, 0.717) is 17.3 Å². The van der Waals surface area contributed by atoms with Crippen LogP contribution in [0.25, 0.3) is 0 Å². The Kier molecular flexibility index (Phi) is 5.47. The van der Waals surface area contributed by atoms with Crippen LogP contribution in [0.1, 0.15) is 29.9 Å². The summed E-state index contributed by atoms with van der Waals surface area (Å²) >= 11 is 0. The van der Waals surface area contributed by atoms with Crippen molar-refractivity contribution in [1.82, 2.24) is 9.97 Å². The third-order valence-electron chi connectivity index (χ3n) is 5.01. The second kappa shape index (κ2) is 8.33. The molecule has 2 saturated heterocycles. The molecular weight excluding hydrogens is 342 g/mol. The van der Waals surface area contributed by atoms with Crippen LogP contribution in [0, 0.1) is 11.3 Å². The molecule has 140 valence electrons. The van der Waals surface area contributed by atoms with Crippen molar-refractivity contribution in [3.8, 4) is 6.07 Å². The second-order valence-electron chi connectivity index (χ2n) is 6.80. The SMILES string of the molecule is N#Cc1ccnc(Nc2cc(C3CCOCC3)cc(N3CCOCC3)n2)c1. The standard InChI is InChI=1S/C20H23N5O2/c21-14-15-1-4-22-18(11-15)23-19-12-17(16-2-7-26-8-3-16)13-20(24-19)25-5-9-27-10-6-25/h1,4,11-13,16H,2-3,5-10H2,(H,22,23,24). The van der Waals surface area contributed by atoms with Gasteiger partial charge in [0.1, 0.15) is 17.5 Å². The Hall–Kier alpha value is -2.69. The molecule has 0 unspecified atom stereocenters. The number of anilines is 3. The molecule has 7 nitrogen and oxygen atoms in total. The largest absolute Gasteiger partial charge is 0.381 e. The van der Waals surface area contributed by atoms with Gasteiger partial charge in [0.15, 0.2) is 0 Å². The lowest BCUT2D eigenvalue weighted by Gasteiger charge is -2.30. The second-order valence-corrected chi connectivity index (χ2v) is 6.80. The summed E-state index contributed by atoms with van der Waals surface area (Å²) < 4.78 is 11.0. The zero-order valence-electron chi connectivity index (χ0n) is 15.2. The van der Waals surface area contributed by atoms with Crippen molar-refractivity contribution in [3.05, 3.63) is 41.6 Å². The molecule has 2 fully saturated rings. The van der Waals surface area contributed by atoms with Gasteiger partial charge in [-0.2, -0.15) is 5.26 Å². The van der Waals surface area contributed by atoms with E-state index in [1.165, 1.54) is 5.56 Å². The molecule has 2 aliphatic rings. The van der Waals surface area contributed by atoms with Crippen LogP contribution < -0.4 is 10.2 Å². The summed E-state index contributed by atoms with van der Waals surface area (Å²) in [6, 6.07) is 9.86. The van der Waals surface area contributed by atoms with Crippen molar-refractivity contribution in [3.63, 3.8) is 0 Å². The van der Waals surface area contributed by atoms with Gasteiger partial charge in [-0.05, 0) is 48.6 Å². The molecule has 4 heterocycles. The summed E-state index contributed by atoms with van der Waals surface area (Å²) in [6.45, 7) is 4.72. The van der Waals surface area contributed by atoms with Crippen molar-refractivity contribution >= 4 is 17.5 Å². The summed E-state index contributed by atoms with van der Waals surface area (Å²) in [7, 11) is 0. The Morgan fingerprint density at radius 2 is 1.81 bits per heavy atom. The van der Waals surface area contributed by atoms with Crippen molar-refractivity contribution in [1.29, 1.82) is 5.26 Å². The van der Waals surface area contributed by atoms with Gasteiger partial charge in [-0.15, -0.1) is 0 Å². The minimum atomic E-state index is 0.473. The van der Waals surface area contributed by atoms with Gasteiger partial charge < -0.3 is 19.7 Å². The van der Waals surface area contributed by atoms with E-state index in [-0.39, 0.29) is 0 Å². The first-order chi connectivity index (χ1) is 13.3. The van der Waals surface area contributed by atoms with Gasteiger partial charge in [0.05, 0.1) is 24.8 Å². The number of nitrogens with zero attached hydrogens (tertiary/aromatic N) is 4. The molecule has 2 aliphatic heterocycles. The number of rotatable bonds is 4. The van der Waals surface area contributed by atoms with Crippen LogP contribution in [0.15, 0.2) is 30.5 Å². The van der Waals surface area contributed by atoms with E-state index < -0.39 is 0 Å². The van der Waals surface area contributed by atoms with Crippen LogP contribution >= 0.6 is 0 Å². The molecule has 0 radical (unpaired) electrons. The van der Waals surface area contributed by atoms with Crippen LogP contribution in [0.4, 0.5) is 17.5 Å². The fraction of sp³-hybridized carbons (Fsp3) is 0.450. The van der Waals surface area contributed by atoms with E-state index in [1.807, 2.05) is 0 Å². The average molecular weight is 365 g/mol. The Bertz CT molecular complexity index is 787. The summed E-state index contributed by atoms with van der Waals surface area (Å²) in [5, 5.41) is 12.4. The van der Waals surface area contributed by atoms with Crippen molar-refractivity contribution in [2.24, 2.45) is 0 Å². The van der Waals surface area contributed by atoms with E-state index in [1.54, 1.807) is 18.3 Å². The molecule has 2 aromatic rings. The fourth-order valence-corrected chi connectivity index (χ4v) is 3.52. The van der Waals surface area contributed by atoms with Gasteiger partial charge in [0.2, 0.25) is 0 Å². The van der Waals surface area contributed by atoms with Gasteiger partial charge in [-0.25, -0.2) is 9.97 Å². The number of hydrogen-bond donors (Lipinski definition) is 1. The highest BCUT2D eigenvalue weighted by Crippen LogP contribution is 2.31. The topological polar surface area (TPSA) is 83.3 Å². The Labute approximate surface area is 158 Å². The number of pyridine rings is 2. The minimum absolute atomic E-state index is 0.473. The molecular formula is C20H23N5O2. The smallest absolute Gasteiger partial charge is 0.134 e. The predicted molar refractivity (Wildman–Crippen MR) is 102 cm³/mol. The lowest BCUT2D eigenvalue weighted by Crippen LogP contribution is -2.37. The first-order valence-corrected chi connectivity index (χ1v) is 9.37. The molecule has 4 rings (SSSR count). The molecule has 1 N–H and O–H groups in total. The maximum Gasteiger partial charge on any atom is 0.134 e. The van der Waals surface area contributed by atoms with Crippen LogP contribution in [0.2, 0.25) is 0 Å². The molecule has 0 amide bonds. The maximum absolute atomic E-state index is 9.11. The van der Waals surface area contributed by atoms with Gasteiger partial charge in [0, 0.05) is 32.5 Å². The molecule has 0 atom stereocenters. The number of morpholine rings is 1. The highest BCUT2D eigenvalue weighted by Gasteiger charge is 2.20. The summed E-state index contributed by atoms with van der Waals surface area (Å²) in [5.41, 5.74) is 1.84. The Balaban J connectivity index is 1.65.